The fourth-order valence-electron chi connectivity index (χ4n) is 1.79. The number of sulfonamides is 1. The molecule has 0 atom stereocenters. The third-order valence-electron chi connectivity index (χ3n) is 2.79. The van der Waals surface area contributed by atoms with E-state index in [1.807, 2.05) is 0 Å². The van der Waals surface area contributed by atoms with Gasteiger partial charge in [-0.3, -0.25) is 0 Å². The van der Waals surface area contributed by atoms with Crippen LogP contribution in [0.1, 0.15) is 0 Å². The number of halogens is 2. The number of ether oxygens (including phenoxy) is 2. The van der Waals surface area contributed by atoms with Crippen LogP contribution in [-0.4, -0.2) is 46.1 Å². The van der Waals surface area contributed by atoms with Crippen molar-refractivity contribution in [1.82, 2.24) is 4.31 Å². The van der Waals surface area contributed by atoms with Crippen molar-refractivity contribution >= 4 is 33.2 Å². The summed E-state index contributed by atoms with van der Waals surface area (Å²) < 4.78 is 36.5. The molecule has 2 rings (SSSR count). The van der Waals surface area contributed by atoms with Crippen LogP contribution in [0, 0.1) is 0 Å². The average Bonchev–Trinajstić information content (AvgIpc) is 2.39. The highest BCUT2D eigenvalue weighted by Crippen LogP contribution is 2.34. The van der Waals surface area contributed by atoms with Gasteiger partial charge in [0.2, 0.25) is 10.0 Å². The van der Waals surface area contributed by atoms with Gasteiger partial charge >= 0.3 is 0 Å². The third kappa shape index (κ3) is 2.98. The highest BCUT2D eigenvalue weighted by molar-refractivity contribution is 7.89. The Balaban J connectivity index is 2.44. The number of methoxy groups -OCH3 is 1. The Hall–Kier alpha value is -0.530. The zero-order valence-corrected chi connectivity index (χ0v) is 12.6. The van der Waals surface area contributed by atoms with Gasteiger partial charge in [-0.25, -0.2) is 8.42 Å². The minimum Gasteiger partial charge on any atom is -0.495 e. The molecule has 0 aliphatic carbocycles. The number of benzene rings is 1. The fraction of sp³-hybridized carbons (Fsp3) is 0.455. The molecule has 1 aliphatic rings. The SMILES string of the molecule is COc1cc(S(=O)(=O)N2CCOCC2)c(Cl)cc1Cl. The van der Waals surface area contributed by atoms with Crippen LogP contribution in [0.3, 0.4) is 0 Å². The topological polar surface area (TPSA) is 55.8 Å². The van der Waals surface area contributed by atoms with Crippen molar-refractivity contribution in [3.63, 3.8) is 0 Å². The van der Waals surface area contributed by atoms with Crippen molar-refractivity contribution in [3.8, 4) is 5.75 Å². The Morgan fingerprint density at radius 2 is 1.84 bits per heavy atom. The van der Waals surface area contributed by atoms with Crippen LogP contribution in [0.25, 0.3) is 0 Å². The van der Waals surface area contributed by atoms with Gasteiger partial charge in [0.25, 0.3) is 0 Å². The minimum absolute atomic E-state index is 0.00248. The van der Waals surface area contributed by atoms with Gasteiger partial charge in [0.1, 0.15) is 10.6 Å². The molecule has 1 fully saturated rings. The van der Waals surface area contributed by atoms with E-state index >= 15 is 0 Å². The molecule has 1 aliphatic heterocycles. The summed E-state index contributed by atoms with van der Waals surface area (Å²) in [5.41, 5.74) is 0. The summed E-state index contributed by atoms with van der Waals surface area (Å²) >= 11 is 11.9. The van der Waals surface area contributed by atoms with Gasteiger partial charge in [0.15, 0.2) is 0 Å². The predicted octanol–water partition coefficient (Wildman–Crippen LogP) is 2.02. The van der Waals surface area contributed by atoms with Gasteiger partial charge in [-0.05, 0) is 6.07 Å². The van der Waals surface area contributed by atoms with Crippen LogP contribution in [0.2, 0.25) is 10.0 Å². The summed E-state index contributed by atoms with van der Waals surface area (Å²) in [5.74, 6) is 0.276. The molecule has 0 bridgehead atoms. The summed E-state index contributed by atoms with van der Waals surface area (Å²) in [4.78, 5) is -0.00248. The van der Waals surface area contributed by atoms with Gasteiger partial charge < -0.3 is 9.47 Å². The molecular formula is C11H13Cl2NO4S. The van der Waals surface area contributed by atoms with E-state index in [9.17, 15) is 8.42 Å². The lowest BCUT2D eigenvalue weighted by Crippen LogP contribution is -2.40. The Bertz CT molecular complexity index is 570. The second kappa shape index (κ2) is 5.85. The van der Waals surface area contributed by atoms with E-state index in [1.54, 1.807) is 0 Å². The van der Waals surface area contributed by atoms with Crippen molar-refractivity contribution in [1.29, 1.82) is 0 Å². The van der Waals surface area contributed by atoms with Gasteiger partial charge in [0, 0.05) is 19.2 Å². The molecule has 0 N–H and O–H groups in total. The molecule has 106 valence electrons. The first kappa shape index (κ1) is 14.9. The van der Waals surface area contributed by atoms with E-state index in [1.165, 1.54) is 23.5 Å². The quantitative estimate of drug-likeness (QED) is 0.853. The van der Waals surface area contributed by atoms with E-state index in [0.29, 0.717) is 26.3 Å². The minimum atomic E-state index is -3.66. The Kier molecular flexibility index (Phi) is 4.58. The van der Waals surface area contributed by atoms with E-state index in [2.05, 4.69) is 0 Å². The first-order chi connectivity index (χ1) is 8.96. The highest BCUT2D eigenvalue weighted by atomic mass is 35.5. The van der Waals surface area contributed by atoms with Crippen LogP contribution < -0.4 is 4.74 Å². The van der Waals surface area contributed by atoms with Gasteiger partial charge in [-0.2, -0.15) is 4.31 Å². The van der Waals surface area contributed by atoms with Gasteiger partial charge in [-0.1, -0.05) is 23.2 Å². The molecule has 1 heterocycles. The van der Waals surface area contributed by atoms with E-state index in [4.69, 9.17) is 32.7 Å². The summed E-state index contributed by atoms with van der Waals surface area (Å²) in [6, 6.07) is 2.71. The van der Waals surface area contributed by atoms with Crippen molar-refractivity contribution < 1.29 is 17.9 Å². The smallest absolute Gasteiger partial charge is 0.244 e. The molecular weight excluding hydrogens is 313 g/mol. The maximum absolute atomic E-state index is 12.5. The van der Waals surface area contributed by atoms with Crippen molar-refractivity contribution in [3.05, 3.63) is 22.2 Å². The summed E-state index contributed by atoms with van der Waals surface area (Å²) in [6.07, 6.45) is 0. The Morgan fingerprint density at radius 1 is 1.21 bits per heavy atom. The van der Waals surface area contributed by atoms with Crippen molar-refractivity contribution in [2.45, 2.75) is 4.90 Å². The first-order valence-electron chi connectivity index (χ1n) is 5.57. The summed E-state index contributed by atoms with van der Waals surface area (Å²) in [6.45, 7) is 1.37. The highest BCUT2D eigenvalue weighted by Gasteiger charge is 2.29. The van der Waals surface area contributed by atoms with Crippen LogP contribution in [0.5, 0.6) is 5.75 Å². The van der Waals surface area contributed by atoms with Crippen LogP contribution >= 0.6 is 23.2 Å². The lowest BCUT2D eigenvalue weighted by Gasteiger charge is -2.26. The molecule has 1 aromatic rings. The number of rotatable bonds is 3. The molecule has 0 aromatic heterocycles. The average molecular weight is 326 g/mol. The second-order valence-electron chi connectivity index (χ2n) is 3.93. The molecule has 0 spiro atoms. The Morgan fingerprint density at radius 3 is 2.42 bits per heavy atom. The lowest BCUT2D eigenvalue weighted by atomic mass is 10.3. The molecule has 0 amide bonds. The third-order valence-corrected chi connectivity index (χ3v) is 5.45. The van der Waals surface area contributed by atoms with E-state index < -0.39 is 10.0 Å². The zero-order valence-electron chi connectivity index (χ0n) is 10.2. The van der Waals surface area contributed by atoms with Crippen LogP contribution in [0.15, 0.2) is 17.0 Å². The monoisotopic (exact) mass is 325 g/mol. The lowest BCUT2D eigenvalue weighted by molar-refractivity contribution is 0.0730. The number of morpholine rings is 1. The zero-order chi connectivity index (χ0) is 14.0. The van der Waals surface area contributed by atoms with Gasteiger partial charge in [-0.15, -0.1) is 0 Å². The number of nitrogens with zero attached hydrogens (tertiary/aromatic N) is 1. The first-order valence-corrected chi connectivity index (χ1v) is 7.77. The second-order valence-corrected chi connectivity index (χ2v) is 6.65. The summed E-state index contributed by atoms with van der Waals surface area (Å²) in [5, 5.41) is 0.353. The van der Waals surface area contributed by atoms with Crippen LogP contribution in [0.4, 0.5) is 0 Å². The predicted molar refractivity (Wildman–Crippen MR) is 72.6 cm³/mol. The maximum atomic E-state index is 12.5. The molecule has 1 aromatic carbocycles. The summed E-state index contributed by atoms with van der Waals surface area (Å²) in [7, 11) is -2.24. The molecule has 1 saturated heterocycles. The molecule has 5 nitrogen and oxygen atoms in total. The molecule has 0 radical (unpaired) electrons. The fourth-order valence-corrected chi connectivity index (χ4v) is 4.01. The standard InChI is InChI=1S/C11H13Cl2NO4S/c1-17-10-7-11(9(13)6-8(10)12)19(15,16)14-2-4-18-5-3-14/h6-7H,2-5H2,1H3. The Labute approximate surface area is 122 Å². The molecule has 0 saturated carbocycles. The van der Waals surface area contributed by atoms with Crippen molar-refractivity contribution in [2.24, 2.45) is 0 Å². The van der Waals surface area contributed by atoms with E-state index in [0.717, 1.165) is 0 Å². The van der Waals surface area contributed by atoms with Crippen LogP contribution in [-0.2, 0) is 14.8 Å². The molecule has 19 heavy (non-hydrogen) atoms. The largest absolute Gasteiger partial charge is 0.495 e. The van der Waals surface area contributed by atoms with Gasteiger partial charge in [0.05, 0.1) is 30.4 Å². The number of hydrogen-bond acceptors (Lipinski definition) is 4. The normalized spacial score (nSPS) is 17.4. The van der Waals surface area contributed by atoms with Crippen molar-refractivity contribution in [2.75, 3.05) is 33.4 Å². The van der Waals surface area contributed by atoms with E-state index in [-0.39, 0.29) is 20.7 Å². The maximum Gasteiger partial charge on any atom is 0.244 e. The molecule has 0 unspecified atom stereocenters. The molecule has 8 heteroatoms. The number of hydrogen-bond donors (Lipinski definition) is 0.